The van der Waals surface area contributed by atoms with E-state index in [-0.39, 0.29) is 6.10 Å². The van der Waals surface area contributed by atoms with E-state index in [9.17, 15) is 5.11 Å². The van der Waals surface area contributed by atoms with Gasteiger partial charge in [0.1, 0.15) is 0 Å². The molecular formula is C16H25NOS. The summed E-state index contributed by atoms with van der Waals surface area (Å²) >= 11 is 1.90. The van der Waals surface area contributed by atoms with Crippen LogP contribution in [0.2, 0.25) is 0 Å². The lowest BCUT2D eigenvalue weighted by Crippen LogP contribution is -2.40. The second-order valence-electron chi connectivity index (χ2n) is 6.27. The van der Waals surface area contributed by atoms with Crippen LogP contribution in [0.3, 0.4) is 0 Å². The number of aliphatic hydroxyl groups is 1. The van der Waals surface area contributed by atoms with Crippen LogP contribution >= 0.6 is 11.3 Å². The smallest absolute Gasteiger partial charge is 0.0580 e. The molecule has 0 radical (unpaired) electrons. The highest BCUT2D eigenvalue weighted by Gasteiger charge is 2.30. The van der Waals surface area contributed by atoms with E-state index in [0.29, 0.717) is 5.92 Å². The molecule has 2 heterocycles. The van der Waals surface area contributed by atoms with Crippen LogP contribution in [0.15, 0.2) is 11.4 Å². The molecule has 0 saturated heterocycles. The molecule has 0 amide bonds. The molecule has 1 aliphatic carbocycles. The van der Waals surface area contributed by atoms with Crippen LogP contribution in [0.5, 0.6) is 0 Å². The fraction of sp³-hybridized carbons (Fsp3) is 0.750. The molecule has 1 N–H and O–H groups in total. The Balaban J connectivity index is 1.59. The minimum Gasteiger partial charge on any atom is -0.393 e. The van der Waals surface area contributed by atoms with Gasteiger partial charge in [-0.2, -0.15) is 0 Å². The normalized spacial score (nSPS) is 32.2. The molecule has 2 nitrogen and oxygen atoms in total. The van der Waals surface area contributed by atoms with Gasteiger partial charge in [0.25, 0.3) is 0 Å². The largest absolute Gasteiger partial charge is 0.393 e. The van der Waals surface area contributed by atoms with Gasteiger partial charge >= 0.3 is 0 Å². The maximum absolute atomic E-state index is 10.2. The van der Waals surface area contributed by atoms with Crippen molar-refractivity contribution in [2.45, 2.75) is 51.7 Å². The first-order valence-corrected chi connectivity index (χ1v) is 8.60. The molecule has 1 saturated carbocycles. The Kier molecular flexibility index (Phi) is 4.25. The molecular weight excluding hydrogens is 254 g/mol. The fourth-order valence-corrected chi connectivity index (χ4v) is 4.60. The average Bonchev–Trinajstić information content (AvgIpc) is 2.89. The Morgan fingerprint density at radius 3 is 3.16 bits per heavy atom. The van der Waals surface area contributed by atoms with Crippen molar-refractivity contribution >= 4 is 11.3 Å². The third-order valence-corrected chi connectivity index (χ3v) is 6.03. The summed E-state index contributed by atoms with van der Waals surface area (Å²) < 4.78 is 0. The quantitative estimate of drug-likeness (QED) is 0.918. The van der Waals surface area contributed by atoms with E-state index in [0.717, 1.165) is 25.4 Å². The highest BCUT2D eigenvalue weighted by Crippen LogP contribution is 2.33. The van der Waals surface area contributed by atoms with E-state index < -0.39 is 0 Å². The summed E-state index contributed by atoms with van der Waals surface area (Å²) in [6, 6.07) is 2.28. The van der Waals surface area contributed by atoms with Crippen LogP contribution in [0.4, 0.5) is 0 Å². The van der Waals surface area contributed by atoms with Gasteiger partial charge in [0.15, 0.2) is 0 Å². The molecule has 3 rings (SSSR count). The average molecular weight is 279 g/mol. The molecule has 2 aliphatic rings. The molecule has 1 aliphatic heterocycles. The zero-order valence-corrected chi connectivity index (χ0v) is 12.7. The molecule has 0 spiro atoms. The molecule has 0 bridgehead atoms. The van der Waals surface area contributed by atoms with E-state index in [1.54, 1.807) is 4.88 Å². The standard InChI is InChI=1S/C16H25NOS/c1-2-12-3-4-15(18)14(9-12)11-17-7-5-16-13(10-17)6-8-19-16/h6,8,12,14-15,18H,2-5,7,9-11H2,1H3. The Morgan fingerprint density at radius 2 is 2.32 bits per heavy atom. The fourth-order valence-electron chi connectivity index (χ4n) is 3.71. The lowest BCUT2D eigenvalue weighted by atomic mass is 9.78. The van der Waals surface area contributed by atoms with Crippen molar-refractivity contribution in [2.24, 2.45) is 11.8 Å². The van der Waals surface area contributed by atoms with E-state index in [4.69, 9.17) is 0 Å². The Bertz CT molecular complexity index is 417. The molecule has 106 valence electrons. The zero-order chi connectivity index (χ0) is 13.2. The van der Waals surface area contributed by atoms with Gasteiger partial charge in [0, 0.05) is 24.5 Å². The Morgan fingerprint density at radius 1 is 1.42 bits per heavy atom. The molecule has 1 aromatic rings. The first-order chi connectivity index (χ1) is 9.26. The zero-order valence-electron chi connectivity index (χ0n) is 11.8. The minimum atomic E-state index is -0.0633. The first-order valence-electron chi connectivity index (χ1n) is 7.72. The molecule has 3 atom stereocenters. The van der Waals surface area contributed by atoms with Gasteiger partial charge in [0.2, 0.25) is 0 Å². The van der Waals surface area contributed by atoms with Crippen LogP contribution in [0, 0.1) is 11.8 Å². The number of aliphatic hydroxyl groups excluding tert-OH is 1. The lowest BCUT2D eigenvalue weighted by molar-refractivity contribution is 0.0244. The summed E-state index contributed by atoms with van der Waals surface area (Å²) in [5.74, 6) is 1.34. The second kappa shape index (κ2) is 5.94. The first kappa shape index (κ1) is 13.6. The van der Waals surface area contributed by atoms with Crippen LogP contribution in [0.25, 0.3) is 0 Å². The Labute approximate surface area is 120 Å². The molecule has 1 fully saturated rings. The van der Waals surface area contributed by atoms with Crippen molar-refractivity contribution in [1.82, 2.24) is 4.90 Å². The summed E-state index contributed by atoms with van der Waals surface area (Å²) in [4.78, 5) is 4.13. The summed E-state index contributed by atoms with van der Waals surface area (Å²) in [6.45, 7) is 5.65. The van der Waals surface area contributed by atoms with Crippen molar-refractivity contribution in [3.05, 3.63) is 21.9 Å². The van der Waals surface area contributed by atoms with Crippen molar-refractivity contribution in [3.63, 3.8) is 0 Å². The van der Waals surface area contributed by atoms with E-state index in [2.05, 4.69) is 23.3 Å². The topological polar surface area (TPSA) is 23.5 Å². The molecule has 0 aromatic carbocycles. The monoisotopic (exact) mass is 279 g/mol. The SMILES string of the molecule is CCC1CCC(O)C(CN2CCc3sccc3C2)C1. The minimum absolute atomic E-state index is 0.0633. The van der Waals surface area contributed by atoms with Gasteiger partial charge < -0.3 is 5.11 Å². The molecule has 3 heteroatoms. The maximum atomic E-state index is 10.2. The Hall–Kier alpha value is -0.380. The van der Waals surface area contributed by atoms with Crippen LogP contribution in [-0.2, 0) is 13.0 Å². The van der Waals surface area contributed by atoms with Crippen molar-refractivity contribution < 1.29 is 5.11 Å². The summed E-state index contributed by atoms with van der Waals surface area (Å²) in [7, 11) is 0. The molecule has 3 unspecified atom stereocenters. The number of nitrogens with zero attached hydrogens (tertiary/aromatic N) is 1. The van der Waals surface area contributed by atoms with Crippen molar-refractivity contribution in [2.75, 3.05) is 13.1 Å². The summed E-state index contributed by atoms with van der Waals surface area (Å²) in [5, 5.41) is 12.5. The lowest BCUT2D eigenvalue weighted by Gasteiger charge is -2.37. The second-order valence-corrected chi connectivity index (χ2v) is 7.27. The number of hydrogen-bond acceptors (Lipinski definition) is 3. The molecule has 19 heavy (non-hydrogen) atoms. The van der Waals surface area contributed by atoms with Gasteiger partial charge in [-0.15, -0.1) is 11.3 Å². The maximum Gasteiger partial charge on any atom is 0.0580 e. The summed E-state index contributed by atoms with van der Waals surface area (Å²) in [6.07, 6.45) is 5.88. The number of rotatable bonds is 3. The number of thiophene rings is 1. The van der Waals surface area contributed by atoms with E-state index in [1.807, 2.05) is 11.3 Å². The molecule has 1 aromatic heterocycles. The van der Waals surface area contributed by atoms with Gasteiger partial charge in [0.05, 0.1) is 6.10 Å². The van der Waals surface area contributed by atoms with Gasteiger partial charge in [-0.25, -0.2) is 0 Å². The van der Waals surface area contributed by atoms with E-state index >= 15 is 0 Å². The third kappa shape index (κ3) is 3.04. The number of hydrogen-bond donors (Lipinski definition) is 1. The van der Waals surface area contributed by atoms with Crippen LogP contribution in [0.1, 0.15) is 43.0 Å². The van der Waals surface area contributed by atoms with Gasteiger partial charge in [-0.1, -0.05) is 13.3 Å². The predicted molar refractivity (Wildman–Crippen MR) is 80.4 cm³/mol. The predicted octanol–water partition coefficient (Wildman–Crippen LogP) is 3.29. The number of fused-ring (bicyclic) bond motifs is 1. The third-order valence-electron chi connectivity index (χ3n) is 5.01. The van der Waals surface area contributed by atoms with Crippen LogP contribution < -0.4 is 0 Å². The summed E-state index contributed by atoms with van der Waals surface area (Å²) in [5.41, 5.74) is 1.52. The highest BCUT2D eigenvalue weighted by molar-refractivity contribution is 7.10. The van der Waals surface area contributed by atoms with Crippen molar-refractivity contribution in [3.8, 4) is 0 Å². The van der Waals surface area contributed by atoms with Gasteiger partial charge in [-0.3, -0.25) is 4.90 Å². The van der Waals surface area contributed by atoms with Crippen LogP contribution in [-0.4, -0.2) is 29.2 Å². The van der Waals surface area contributed by atoms with E-state index in [1.165, 1.54) is 37.8 Å². The van der Waals surface area contributed by atoms with Crippen molar-refractivity contribution in [1.29, 1.82) is 0 Å². The van der Waals surface area contributed by atoms with Gasteiger partial charge in [-0.05, 0) is 54.5 Å². The highest BCUT2D eigenvalue weighted by atomic mass is 32.1.